The number of carbonyl (C=O) groups is 1. The van der Waals surface area contributed by atoms with Crippen LogP contribution < -0.4 is 15.2 Å². The molecule has 0 saturated carbocycles. The first-order valence-electron chi connectivity index (χ1n) is 7.65. The fraction of sp³-hybridized carbons (Fsp3) is 0.235. The van der Waals surface area contributed by atoms with Crippen LogP contribution in [-0.4, -0.2) is 27.5 Å². The standard InChI is InChI=1S/C17H17ClN2O4S/c18-13-5-6-15(24-10-17(19)21)16(8-13)25(22,23)20-9-12-7-11-3-1-2-4-14(11)12/h1-6,8,12,20H,7,9-10H2,(H2,19,21)/t12-/m0/s1. The number of sulfonamides is 1. The Bertz CT molecular complexity index is 915. The molecule has 1 aliphatic rings. The van der Waals surface area contributed by atoms with E-state index in [1.54, 1.807) is 0 Å². The Morgan fingerprint density at radius 1 is 1.28 bits per heavy atom. The van der Waals surface area contributed by atoms with Crippen LogP contribution in [0, 0.1) is 0 Å². The molecule has 1 amide bonds. The molecule has 3 rings (SSSR count). The summed E-state index contributed by atoms with van der Waals surface area (Å²) in [6, 6.07) is 12.1. The number of primary amides is 1. The van der Waals surface area contributed by atoms with Crippen molar-refractivity contribution in [1.82, 2.24) is 4.72 Å². The molecule has 8 heteroatoms. The van der Waals surface area contributed by atoms with Gasteiger partial charge < -0.3 is 10.5 Å². The maximum absolute atomic E-state index is 12.6. The van der Waals surface area contributed by atoms with Crippen molar-refractivity contribution < 1.29 is 17.9 Å². The van der Waals surface area contributed by atoms with Gasteiger partial charge in [0.1, 0.15) is 10.6 Å². The third-order valence-electron chi connectivity index (χ3n) is 4.05. The zero-order valence-electron chi connectivity index (χ0n) is 13.2. The van der Waals surface area contributed by atoms with E-state index in [-0.39, 0.29) is 28.1 Å². The summed E-state index contributed by atoms with van der Waals surface area (Å²) in [5.74, 6) is -0.526. The van der Waals surface area contributed by atoms with Gasteiger partial charge >= 0.3 is 0 Å². The molecule has 0 unspecified atom stereocenters. The van der Waals surface area contributed by atoms with Gasteiger partial charge in [-0.25, -0.2) is 13.1 Å². The molecule has 0 heterocycles. The van der Waals surface area contributed by atoms with Gasteiger partial charge in [0, 0.05) is 17.5 Å². The van der Waals surface area contributed by atoms with Crippen LogP contribution in [0.25, 0.3) is 0 Å². The van der Waals surface area contributed by atoms with Gasteiger partial charge in [-0.05, 0) is 35.7 Å². The first-order valence-corrected chi connectivity index (χ1v) is 9.51. The molecule has 0 saturated heterocycles. The first-order chi connectivity index (χ1) is 11.9. The molecule has 2 aromatic rings. The van der Waals surface area contributed by atoms with Crippen molar-refractivity contribution in [1.29, 1.82) is 0 Å². The number of nitrogens with one attached hydrogen (secondary N) is 1. The van der Waals surface area contributed by atoms with Crippen LogP contribution in [0.5, 0.6) is 5.75 Å². The molecular weight excluding hydrogens is 364 g/mol. The highest BCUT2D eigenvalue weighted by molar-refractivity contribution is 7.89. The van der Waals surface area contributed by atoms with Gasteiger partial charge in [0.25, 0.3) is 5.91 Å². The van der Waals surface area contributed by atoms with Crippen molar-refractivity contribution in [2.75, 3.05) is 13.2 Å². The largest absolute Gasteiger partial charge is 0.482 e. The molecule has 0 aliphatic heterocycles. The Morgan fingerprint density at radius 2 is 2.04 bits per heavy atom. The summed E-state index contributed by atoms with van der Waals surface area (Å²) in [7, 11) is -3.85. The molecule has 0 fully saturated rings. The van der Waals surface area contributed by atoms with Crippen molar-refractivity contribution in [2.24, 2.45) is 5.73 Å². The van der Waals surface area contributed by atoms with Crippen molar-refractivity contribution in [3.8, 4) is 5.75 Å². The van der Waals surface area contributed by atoms with Crippen molar-refractivity contribution in [3.05, 3.63) is 58.6 Å². The minimum absolute atomic E-state index is 0.0321. The van der Waals surface area contributed by atoms with E-state index in [2.05, 4.69) is 4.72 Å². The number of ether oxygens (including phenoxy) is 1. The van der Waals surface area contributed by atoms with E-state index in [0.717, 1.165) is 12.0 Å². The number of benzene rings is 2. The quantitative estimate of drug-likeness (QED) is 0.765. The predicted octanol–water partition coefficient (Wildman–Crippen LogP) is 1.82. The van der Waals surface area contributed by atoms with E-state index in [1.807, 2.05) is 24.3 Å². The molecule has 6 nitrogen and oxygen atoms in total. The second-order valence-corrected chi connectivity index (χ2v) is 7.97. The molecular formula is C17H17ClN2O4S. The Balaban J connectivity index is 1.76. The highest BCUT2D eigenvalue weighted by Crippen LogP contribution is 2.35. The van der Waals surface area contributed by atoms with Crippen molar-refractivity contribution in [2.45, 2.75) is 17.2 Å². The third-order valence-corrected chi connectivity index (χ3v) is 5.73. The van der Waals surface area contributed by atoms with Crippen LogP contribution in [0.1, 0.15) is 17.0 Å². The molecule has 0 spiro atoms. The summed E-state index contributed by atoms with van der Waals surface area (Å²) in [6.07, 6.45) is 0.833. The van der Waals surface area contributed by atoms with E-state index in [1.165, 1.54) is 23.8 Å². The van der Waals surface area contributed by atoms with Gasteiger partial charge in [-0.1, -0.05) is 35.9 Å². The molecule has 0 radical (unpaired) electrons. The number of amides is 1. The molecule has 132 valence electrons. The lowest BCUT2D eigenvalue weighted by Gasteiger charge is -2.30. The minimum atomic E-state index is -3.85. The average molecular weight is 381 g/mol. The fourth-order valence-corrected chi connectivity index (χ4v) is 4.28. The van der Waals surface area contributed by atoms with Crippen LogP contribution >= 0.6 is 11.6 Å². The van der Waals surface area contributed by atoms with Crippen LogP contribution in [0.3, 0.4) is 0 Å². The number of hydrogen-bond donors (Lipinski definition) is 2. The lowest BCUT2D eigenvalue weighted by atomic mass is 9.78. The Kier molecular flexibility index (Phi) is 4.99. The number of fused-ring (bicyclic) bond motifs is 1. The van der Waals surface area contributed by atoms with Crippen LogP contribution in [0.4, 0.5) is 0 Å². The number of carbonyl (C=O) groups excluding carboxylic acids is 1. The summed E-state index contributed by atoms with van der Waals surface area (Å²) in [5.41, 5.74) is 7.43. The first kappa shape index (κ1) is 17.7. The second-order valence-electron chi connectivity index (χ2n) is 5.80. The molecule has 0 bridgehead atoms. The van der Waals surface area contributed by atoms with Crippen molar-refractivity contribution in [3.63, 3.8) is 0 Å². The number of hydrogen-bond acceptors (Lipinski definition) is 4. The fourth-order valence-electron chi connectivity index (χ4n) is 2.79. The van der Waals surface area contributed by atoms with Gasteiger partial charge in [-0.2, -0.15) is 0 Å². The molecule has 2 aromatic carbocycles. The summed E-state index contributed by atoms with van der Waals surface area (Å²) in [5, 5.41) is 0.251. The van der Waals surface area contributed by atoms with Gasteiger partial charge in [0.05, 0.1) is 0 Å². The maximum atomic E-state index is 12.6. The smallest absolute Gasteiger partial charge is 0.255 e. The molecule has 1 atom stereocenters. The Labute approximate surface area is 151 Å². The Hall–Kier alpha value is -2.09. The number of nitrogens with two attached hydrogens (primary N) is 1. The zero-order valence-corrected chi connectivity index (χ0v) is 14.8. The van der Waals surface area contributed by atoms with Crippen LogP contribution in [-0.2, 0) is 21.2 Å². The monoisotopic (exact) mass is 380 g/mol. The summed E-state index contributed by atoms with van der Waals surface area (Å²) >= 11 is 5.91. The predicted molar refractivity (Wildman–Crippen MR) is 94.2 cm³/mol. The summed E-state index contributed by atoms with van der Waals surface area (Å²) in [6.45, 7) is -0.138. The van der Waals surface area contributed by atoms with E-state index < -0.39 is 22.5 Å². The third kappa shape index (κ3) is 3.95. The van der Waals surface area contributed by atoms with E-state index >= 15 is 0 Å². The topological polar surface area (TPSA) is 98.5 Å². The van der Waals surface area contributed by atoms with Gasteiger partial charge in [0.2, 0.25) is 10.0 Å². The lowest BCUT2D eigenvalue weighted by Crippen LogP contribution is -2.33. The van der Waals surface area contributed by atoms with Crippen molar-refractivity contribution >= 4 is 27.5 Å². The minimum Gasteiger partial charge on any atom is -0.482 e. The van der Waals surface area contributed by atoms with Crippen LogP contribution in [0.2, 0.25) is 5.02 Å². The normalized spacial score (nSPS) is 16.0. The highest BCUT2D eigenvalue weighted by atomic mass is 35.5. The molecule has 3 N–H and O–H groups in total. The summed E-state index contributed by atoms with van der Waals surface area (Å²) < 4.78 is 33.1. The van der Waals surface area contributed by atoms with E-state index in [0.29, 0.717) is 0 Å². The molecule has 25 heavy (non-hydrogen) atoms. The lowest BCUT2D eigenvalue weighted by molar-refractivity contribution is -0.120. The van der Waals surface area contributed by atoms with Gasteiger partial charge in [-0.15, -0.1) is 0 Å². The van der Waals surface area contributed by atoms with Gasteiger partial charge in [-0.3, -0.25) is 4.79 Å². The number of halogens is 1. The molecule has 1 aliphatic carbocycles. The Morgan fingerprint density at radius 3 is 2.76 bits per heavy atom. The van der Waals surface area contributed by atoms with Gasteiger partial charge in [0.15, 0.2) is 6.61 Å². The number of rotatable bonds is 7. The molecule has 0 aromatic heterocycles. The van der Waals surface area contributed by atoms with E-state index in [4.69, 9.17) is 22.1 Å². The maximum Gasteiger partial charge on any atom is 0.255 e. The zero-order chi connectivity index (χ0) is 18.0. The second kappa shape index (κ2) is 7.03. The van der Waals surface area contributed by atoms with E-state index in [9.17, 15) is 13.2 Å². The summed E-state index contributed by atoms with van der Waals surface area (Å²) in [4.78, 5) is 10.8. The average Bonchev–Trinajstić information content (AvgIpc) is 2.54. The highest BCUT2D eigenvalue weighted by Gasteiger charge is 2.28. The SMILES string of the molecule is NC(=O)COc1ccc(Cl)cc1S(=O)(=O)NC[C@@H]1Cc2ccccc21. The van der Waals surface area contributed by atoms with Crippen LogP contribution in [0.15, 0.2) is 47.4 Å².